The molecular formula is C13H20BrN5O. The fraction of sp³-hybridized carbons (Fsp3) is 0.538. The Balaban J connectivity index is 2.39. The Morgan fingerprint density at radius 2 is 2.30 bits per heavy atom. The summed E-state index contributed by atoms with van der Waals surface area (Å²) in [7, 11) is 3.69. The van der Waals surface area contributed by atoms with E-state index in [1.54, 1.807) is 7.11 Å². The van der Waals surface area contributed by atoms with Gasteiger partial charge in [0.1, 0.15) is 11.9 Å². The molecule has 0 aromatic carbocycles. The van der Waals surface area contributed by atoms with Crippen LogP contribution in [0.1, 0.15) is 24.5 Å². The summed E-state index contributed by atoms with van der Waals surface area (Å²) >= 11 is 3.59. The lowest BCUT2D eigenvalue weighted by atomic mass is 10.2. The zero-order valence-corrected chi connectivity index (χ0v) is 13.6. The predicted octanol–water partition coefficient (Wildman–Crippen LogP) is 1.72. The summed E-state index contributed by atoms with van der Waals surface area (Å²) in [6.07, 6.45) is 5.57. The minimum Gasteiger partial charge on any atom is -0.383 e. The summed E-state index contributed by atoms with van der Waals surface area (Å²) in [4.78, 5) is 4.46. The SMILES string of the molecule is CCNC(c1nccn1C)c1c(Br)cnn1CCOC. The number of ether oxygens (including phenoxy) is 1. The van der Waals surface area contributed by atoms with Crippen molar-refractivity contribution in [1.82, 2.24) is 24.6 Å². The van der Waals surface area contributed by atoms with E-state index < -0.39 is 0 Å². The van der Waals surface area contributed by atoms with Crippen molar-refractivity contribution in [3.05, 3.63) is 34.6 Å². The van der Waals surface area contributed by atoms with Gasteiger partial charge in [0, 0.05) is 26.6 Å². The third kappa shape index (κ3) is 3.11. The van der Waals surface area contributed by atoms with E-state index in [-0.39, 0.29) is 6.04 Å². The van der Waals surface area contributed by atoms with Crippen molar-refractivity contribution in [2.45, 2.75) is 19.5 Å². The Hall–Kier alpha value is -1.18. The summed E-state index contributed by atoms with van der Waals surface area (Å²) in [6.45, 7) is 4.27. The van der Waals surface area contributed by atoms with Crippen molar-refractivity contribution in [1.29, 1.82) is 0 Å². The van der Waals surface area contributed by atoms with Crippen molar-refractivity contribution in [3.63, 3.8) is 0 Å². The molecule has 20 heavy (non-hydrogen) atoms. The van der Waals surface area contributed by atoms with Gasteiger partial charge in [-0.05, 0) is 22.5 Å². The average Bonchev–Trinajstić information content (AvgIpc) is 3.01. The molecule has 0 bridgehead atoms. The molecule has 0 radical (unpaired) electrons. The fourth-order valence-corrected chi connectivity index (χ4v) is 2.71. The first kappa shape index (κ1) is 15.2. The van der Waals surface area contributed by atoms with Gasteiger partial charge in [0.25, 0.3) is 0 Å². The van der Waals surface area contributed by atoms with Crippen molar-refractivity contribution in [2.24, 2.45) is 7.05 Å². The van der Waals surface area contributed by atoms with Crippen LogP contribution in [0.5, 0.6) is 0 Å². The second kappa shape index (κ2) is 7.01. The van der Waals surface area contributed by atoms with Crippen molar-refractivity contribution in [3.8, 4) is 0 Å². The number of aryl methyl sites for hydroxylation is 1. The molecule has 1 N–H and O–H groups in total. The molecule has 2 rings (SSSR count). The average molecular weight is 342 g/mol. The van der Waals surface area contributed by atoms with Crippen LogP contribution in [-0.2, 0) is 18.3 Å². The standard InChI is InChI=1S/C13H20BrN5O/c1-4-15-11(13-16-5-6-18(13)2)12-10(14)9-17-19(12)7-8-20-3/h5-6,9,11,15H,4,7-8H2,1-3H3. The van der Waals surface area contributed by atoms with E-state index in [4.69, 9.17) is 4.74 Å². The third-order valence-corrected chi connectivity index (χ3v) is 3.75. The number of aromatic nitrogens is 4. The summed E-state index contributed by atoms with van der Waals surface area (Å²) in [5.41, 5.74) is 1.07. The first-order valence-corrected chi connectivity index (χ1v) is 7.39. The number of halogens is 1. The molecule has 0 saturated carbocycles. The molecule has 2 heterocycles. The minimum absolute atomic E-state index is 0.00580. The van der Waals surface area contributed by atoms with Crippen LogP contribution in [0.2, 0.25) is 0 Å². The summed E-state index contributed by atoms with van der Waals surface area (Å²) in [5.74, 6) is 0.965. The second-order valence-corrected chi connectivity index (χ2v) is 5.34. The Morgan fingerprint density at radius 1 is 1.50 bits per heavy atom. The Morgan fingerprint density at radius 3 is 2.90 bits per heavy atom. The highest BCUT2D eigenvalue weighted by molar-refractivity contribution is 9.10. The molecule has 1 atom stereocenters. The van der Waals surface area contributed by atoms with Gasteiger partial charge in [-0.1, -0.05) is 6.92 Å². The van der Waals surface area contributed by atoms with Gasteiger partial charge in [0.15, 0.2) is 0 Å². The highest BCUT2D eigenvalue weighted by atomic mass is 79.9. The maximum atomic E-state index is 5.15. The maximum Gasteiger partial charge on any atom is 0.131 e. The minimum atomic E-state index is -0.00580. The highest BCUT2D eigenvalue weighted by Gasteiger charge is 2.24. The van der Waals surface area contributed by atoms with Crippen LogP contribution in [0.4, 0.5) is 0 Å². The topological polar surface area (TPSA) is 56.9 Å². The lowest BCUT2D eigenvalue weighted by Crippen LogP contribution is -2.28. The largest absolute Gasteiger partial charge is 0.383 e. The van der Waals surface area contributed by atoms with E-state index >= 15 is 0 Å². The zero-order chi connectivity index (χ0) is 14.5. The molecule has 0 aliphatic heterocycles. The van der Waals surface area contributed by atoms with Gasteiger partial charge in [-0.2, -0.15) is 5.10 Å². The predicted molar refractivity (Wildman–Crippen MR) is 80.5 cm³/mol. The molecule has 1 unspecified atom stereocenters. The lowest BCUT2D eigenvalue weighted by molar-refractivity contribution is 0.182. The zero-order valence-electron chi connectivity index (χ0n) is 12.0. The van der Waals surface area contributed by atoms with E-state index in [9.17, 15) is 0 Å². The summed E-state index contributed by atoms with van der Waals surface area (Å²) in [6, 6.07) is -0.00580. The highest BCUT2D eigenvalue weighted by Crippen LogP contribution is 2.27. The second-order valence-electron chi connectivity index (χ2n) is 4.48. The first-order chi connectivity index (χ1) is 9.69. The van der Waals surface area contributed by atoms with Gasteiger partial charge in [0.2, 0.25) is 0 Å². The molecule has 2 aromatic rings. The number of hydrogen-bond donors (Lipinski definition) is 1. The molecule has 0 spiro atoms. The number of hydrogen-bond acceptors (Lipinski definition) is 4. The third-order valence-electron chi connectivity index (χ3n) is 3.14. The van der Waals surface area contributed by atoms with Crippen LogP contribution in [0.3, 0.4) is 0 Å². The van der Waals surface area contributed by atoms with E-state index in [0.717, 1.165) is 22.5 Å². The normalized spacial score (nSPS) is 12.8. The first-order valence-electron chi connectivity index (χ1n) is 6.59. The molecular weight excluding hydrogens is 322 g/mol. The molecule has 6 nitrogen and oxygen atoms in total. The fourth-order valence-electron chi connectivity index (χ4n) is 2.18. The summed E-state index contributed by atoms with van der Waals surface area (Å²) < 4.78 is 10.1. The molecule has 0 fully saturated rings. The molecule has 0 amide bonds. The molecule has 0 aliphatic rings. The molecule has 2 aromatic heterocycles. The molecule has 0 aliphatic carbocycles. The van der Waals surface area contributed by atoms with E-state index in [2.05, 4.69) is 38.3 Å². The van der Waals surface area contributed by atoms with Crippen LogP contribution in [0, 0.1) is 0 Å². The van der Waals surface area contributed by atoms with Gasteiger partial charge in [-0.15, -0.1) is 0 Å². The Bertz CT molecular complexity index is 551. The van der Waals surface area contributed by atoms with Crippen LogP contribution in [0.15, 0.2) is 23.1 Å². The van der Waals surface area contributed by atoms with Crippen molar-refractivity contribution < 1.29 is 4.74 Å². The maximum absolute atomic E-state index is 5.15. The smallest absolute Gasteiger partial charge is 0.131 e. The lowest BCUT2D eigenvalue weighted by Gasteiger charge is -2.20. The monoisotopic (exact) mass is 341 g/mol. The van der Waals surface area contributed by atoms with Gasteiger partial charge < -0.3 is 14.6 Å². The number of nitrogens with one attached hydrogen (secondary N) is 1. The van der Waals surface area contributed by atoms with Crippen LogP contribution in [-0.4, -0.2) is 39.6 Å². The molecule has 110 valence electrons. The van der Waals surface area contributed by atoms with Crippen LogP contribution < -0.4 is 5.32 Å². The van der Waals surface area contributed by atoms with Crippen molar-refractivity contribution >= 4 is 15.9 Å². The van der Waals surface area contributed by atoms with E-state index in [1.807, 2.05) is 34.9 Å². The summed E-state index contributed by atoms with van der Waals surface area (Å²) in [5, 5.41) is 7.88. The van der Waals surface area contributed by atoms with Crippen LogP contribution >= 0.6 is 15.9 Å². The molecule has 7 heteroatoms. The van der Waals surface area contributed by atoms with Crippen LogP contribution in [0.25, 0.3) is 0 Å². The number of methoxy groups -OCH3 is 1. The van der Waals surface area contributed by atoms with Gasteiger partial charge >= 0.3 is 0 Å². The Labute approximate surface area is 127 Å². The van der Waals surface area contributed by atoms with E-state index in [1.165, 1.54) is 0 Å². The van der Waals surface area contributed by atoms with Gasteiger partial charge in [-0.3, -0.25) is 4.68 Å². The van der Waals surface area contributed by atoms with Crippen molar-refractivity contribution in [2.75, 3.05) is 20.3 Å². The number of imidazole rings is 1. The van der Waals surface area contributed by atoms with E-state index in [0.29, 0.717) is 13.2 Å². The quantitative estimate of drug-likeness (QED) is 0.833. The van der Waals surface area contributed by atoms with Gasteiger partial charge in [-0.25, -0.2) is 4.98 Å². The number of nitrogens with zero attached hydrogens (tertiary/aromatic N) is 4. The van der Waals surface area contributed by atoms with Gasteiger partial charge in [0.05, 0.1) is 29.5 Å². The number of rotatable bonds is 7. The Kier molecular flexibility index (Phi) is 5.33. The molecule has 0 saturated heterocycles.